The molecule has 2 aliphatic heterocycles. The highest BCUT2D eigenvalue weighted by Crippen LogP contribution is 2.42. The van der Waals surface area contributed by atoms with Gasteiger partial charge in [-0.1, -0.05) is 91.9 Å². The summed E-state index contributed by atoms with van der Waals surface area (Å²) in [4.78, 5) is 2.50. The average Bonchev–Trinajstić information content (AvgIpc) is 3.49. The summed E-state index contributed by atoms with van der Waals surface area (Å²) in [6.07, 6.45) is -0.409. The smallest absolute Gasteiger partial charge is 0.240 e. The summed E-state index contributed by atoms with van der Waals surface area (Å²) >= 11 is 0. The van der Waals surface area contributed by atoms with Gasteiger partial charge in [0.05, 0.1) is 29.8 Å². The largest absolute Gasteiger partial charge is 0.392 e. The van der Waals surface area contributed by atoms with Crippen molar-refractivity contribution >= 4 is 10.0 Å². The van der Waals surface area contributed by atoms with Gasteiger partial charge in [0.1, 0.15) is 0 Å². The van der Waals surface area contributed by atoms with E-state index in [2.05, 4.69) is 16.5 Å². The highest BCUT2D eigenvalue weighted by Gasteiger charge is 2.39. The lowest BCUT2D eigenvalue weighted by atomic mass is 9.90. The Hall–Kier alpha value is -3.41. The fourth-order valence-electron chi connectivity index (χ4n) is 6.12. The molecule has 8 nitrogen and oxygen atoms in total. The van der Waals surface area contributed by atoms with Crippen LogP contribution in [-0.2, 0) is 32.6 Å². The maximum atomic E-state index is 12.7. The summed E-state index contributed by atoms with van der Waals surface area (Å²) in [6.45, 7) is 4.52. The van der Waals surface area contributed by atoms with Gasteiger partial charge in [-0.05, 0) is 52.4 Å². The topological polar surface area (TPSA) is 108 Å². The standard InChI is InChI=1S/C36H40N2O6S/c1-25-34(23-38-19-18-32(40)22-38)43-36(44-35(25)29-12-10-26(24-39)11-13-29)30-16-14-28(15-17-30)31-7-5-6-27(20-31)21-37-45(41,42)33-8-3-2-4-9-33/h2-17,20,25,32,34-37,39-40H,18-19,21-24H2,1H3. The Balaban J connectivity index is 1.18. The number of aliphatic hydroxyl groups is 2. The minimum absolute atomic E-state index is 0.00837. The van der Waals surface area contributed by atoms with Gasteiger partial charge in [-0.2, -0.15) is 0 Å². The fraction of sp³-hybridized carbons (Fsp3) is 0.333. The van der Waals surface area contributed by atoms with Crippen molar-refractivity contribution in [3.63, 3.8) is 0 Å². The number of sulfonamides is 1. The van der Waals surface area contributed by atoms with E-state index in [0.717, 1.165) is 46.3 Å². The van der Waals surface area contributed by atoms with E-state index >= 15 is 0 Å². The number of nitrogens with one attached hydrogen (secondary N) is 1. The molecule has 0 saturated carbocycles. The molecule has 2 fully saturated rings. The Morgan fingerprint density at radius 1 is 0.844 bits per heavy atom. The zero-order valence-electron chi connectivity index (χ0n) is 25.3. The van der Waals surface area contributed by atoms with Crippen molar-refractivity contribution in [1.82, 2.24) is 9.62 Å². The first-order valence-electron chi connectivity index (χ1n) is 15.4. The van der Waals surface area contributed by atoms with Crippen LogP contribution in [0.3, 0.4) is 0 Å². The van der Waals surface area contributed by atoms with Crippen LogP contribution in [0.5, 0.6) is 0 Å². The van der Waals surface area contributed by atoms with Crippen LogP contribution < -0.4 is 4.72 Å². The van der Waals surface area contributed by atoms with Gasteiger partial charge in [-0.25, -0.2) is 13.1 Å². The van der Waals surface area contributed by atoms with Crippen LogP contribution >= 0.6 is 0 Å². The van der Waals surface area contributed by atoms with E-state index in [4.69, 9.17) is 9.47 Å². The Labute approximate surface area is 265 Å². The first kappa shape index (κ1) is 31.6. The molecule has 2 heterocycles. The molecule has 6 rings (SSSR count). The molecular formula is C36H40N2O6S. The number of aliphatic hydroxyl groups excluding tert-OH is 2. The van der Waals surface area contributed by atoms with E-state index in [0.29, 0.717) is 13.1 Å². The van der Waals surface area contributed by atoms with Crippen LogP contribution in [0.4, 0.5) is 0 Å². The Bertz CT molecular complexity index is 1660. The summed E-state index contributed by atoms with van der Waals surface area (Å²) in [6, 6.07) is 32.2. The first-order chi connectivity index (χ1) is 21.8. The second-order valence-corrected chi connectivity index (χ2v) is 13.8. The molecule has 236 valence electrons. The van der Waals surface area contributed by atoms with Crippen LogP contribution in [-0.4, -0.2) is 55.4 Å². The SMILES string of the molecule is CC1C(CN2CCC(O)C2)OC(c2ccc(-c3cccc(CNS(=O)(=O)c4ccccc4)c3)cc2)OC1c1ccc(CO)cc1. The summed E-state index contributed by atoms with van der Waals surface area (Å²) in [5.74, 6) is 0.0697. The molecular weight excluding hydrogens is 588 g/mol. The third-order valence-corrected chi connectivity index (χ3v) is 10.2. The number of likely N-dealkylation sites (tertiary alicyclic amines) is 1. The highest BCUT2D eigenvalue weighted by molar-refractivity contribution is 7.89. The Kier molecular flexibility index (Phi) is 9.77. The summed E-state index contributed by atoms with van der Waals surface area (Å²) in [5, 5.41) is 19.6. The molecule has 0 amide bonds. The molecule has 2 aliphatic rings. The number of hydrogen-bond donors (Lipinski definition) is 3. The second kappa shape index (κ2) is 13.9. The zero-order chi connectivity index (χ0) is 31.4. The minimum atomic E-state index is -3.61. The molecule has 45 heavy (non-hydrogen) atoms. The van der Waals surface area contributed by atoms with Gasteiger partial charge in [0.25, 0.3) is 0 Å². The second-order valence-electron chi connectivity index (χ2n) is 12.0. The van der Waals surface area contributed by atoms with Gasteiger partial charge in [-0.3, -0.25) is 4.90 Å². The molecule has 0 spiro atoms. The van der Waals surface area contributed by atoms with E-state index in [1.54, 1.807) is 30.3 Å². The molecule has 5 unspecified atom stereocenters. The van der Waals surface area contributed by atoms with Gasteiger partial charge < -0.3 is 19.7 Å². The molecule has 0 aliphatic carbocycles. The van der Waals surface area contributed by atoms with E-state index in [1.807, 2.05) is 72.8 Å². The first-order valence-corrected chi connectivity index (χ1v) is 16.9. The maximum Gasteiger partial charge on any atom is 0.240 e. The van der Waals surface area contributed by atoms with Crippen LogP contribution in [0.25, 0.3) is 11.1 Å². The van der Waals surface area contributed by atoms with Crippen molar-refractivity contribution in [2.45, 2.75) is 56.0 Å². The van der Waals surface area contributed by atoms with Crippen molar-refractivity contribution in [2.75, 3.05) is 19.6 Å². The Morgan fingerprint density at radius 3 is 2.27 bits per heavy atom. The van der Waals surface area contributed by atoms with Crippen molar-refractivity contribution in [2.24, 2.45) is 5.92 Å². The third-order valence-electron chi connectivity index (χ3n) is 8.77. The zero-order valence-corrected chi connectivity index (χ0v) is 26.1. The molecule has 0 radical (unpaired) electrons. The van der Waals surface area contributed by atoms with Gasteiger partial charge in [0.15, 0.2) is 6.29 Å². The van der Waals surface area contributed by atoms with Crippen LogP contribution in [0.2, 0.25) is 0 Å². The minimum Gasteiger partial charge on any atom is -0.392 e. The van der Waals surface area contributed by atoms with Crippen molar-refractivity contribution in [3.8, 4) is 11.1 Å². The van der Waals surface area contributed by atoms with Gasteiger partial charge >= 0.3 is 0 Å². The maximum absolute atomic E-state index is 12.7. The van der Waals surface area contributed by atoms with Crippen LogP contribution in [0, 0.1) is 5.92 Å². The quantitative estimate of drug-likeness (QED) is 0.222. The lowest BCUT2D eigenvalue weighted by molar-refractivity contribution is -0.276. The molecule has 9 heteroatoms. The van der Waals surface area contributed by atoms with Gasteiger partial charge in [0.2, 0.25) is 10.0 Å². The number of nitrogens with zero attached hydrogens (tertiary/aromatic N) is 1. The number of hydrogen-bond acceptors (Lipinski definition) is 7. The lowest BCUT2D eigenvalue weighted by Gasteiger charge is -2.42. The molecule has 4 aromatic rings. The van der Waals surface area contributed by atoms with Crippen molar-refractivity contribution in [1.29, 1.82) is 0 Å². The van der Waals surface area contributed by atoms with E-state index in [-0.39, 0.29) is 42.3 Å². The molecule has 0 bridgehead atoms. The predicted octanol–water partition coefficient (Wildman–Crippen LogP) is 5.18. The summed E-state index contributed by atoms with van der Waals surface area (Å²) in [5.41, 5.74) is 5.62. The van der Waals surface area contributed by atoms with Crippen molar-refractivity contribution < 1.29 is 28.1 Å². The molecule has 0 aromatic heterocycles. The summed E-state index contributed by atoms with van der Waals surface area (Å²) < 4.78 is 41.3. The molecule has 3 N–H and O–H groups in total. The number of rotatable bonds is 10. The van der Waals surface area contributed by atoms with E-state index < -0.39 is 16.3 Å². The third kappa shape index (κ3) is 7.53. The monoisotopic (exact) mass is 628 g/mol. The Morgan fingerprint density at radius 2 is 1.58 bits per heavy atom. The molecule has 5 atom stereocenters. The fourth-order valence-corrected chi connectivity index (χ4v) is 7.15. The predicted molar refractivity (Wildman–Crippen MR) is 172 cm³/mol. The number of ether oxygens (including phenoxy) is 2. The van der Waals surface area contributed by atoms with Gasteiger partial charge in [-0.15, -0.1) is 0 Å². The summed E-state index contributed by atoms with van der Waals surface area (Å²) in [7, 11) is -3.61. The van der Waals surface area contributed by atoms with E-state index in [1.165, 1.54) is 0 Å². The number of β-amino-alcohol motifs (C(OH)–C–C–N with tert-alkyl or cyclic N) is 1. The van der Waals surface area contributed by atoms with Gasteiger partial charge in [0, 0.05) is 37.7 Å². The normalized spacial score (nSPS) is 24.1. The van der Waals surface area contributed by atoms with Crippen molar-refractivity contribution in [3.05, 3.63) is 125 Å². The molecule has 2 saturated heterocycles. The van der Waals surface area contributed by atoms with Crippen LogP contribution in [0.1, 0.15) is 48.0 Å². The lowest BCUT2D eigenvalue weighted by Crippen LogP contribution is -2.44. The van der Waals surface area contributed by atoms with Crippen LogP contribution in [0.15, 0.2) is 108 Å². The average molecular weight is 629 g/mol. The van der Waals surface area contributed by atoms with E-state index in [9.17, 15) is 18.6 Å². The molecule has 4 aromatic carbocycles. The highest BCUT2D eigenvalue weighted by atomic mass is 32.2. The number of benzene rings is 4.